The van der Waals surface area contributed by atoms with Gasteiger partial charge in [0.15, 0.2) is 5.78 Å². The number of ketones is 1. The fourth-order valence-electron chi connectivity index (χ4n) is 5.37. The number of benzene rings is 2. The number of aryl methyl sites for hydroxylation is 1. The van der Waals surface area contributed by atoms with E-state index in [9.17, 15) is 15.0 Å². The van der Waals surface area contributed by atoms with Gasteiger partial charge in [-0.3, -0.25) is 4.79 Å². The molecule has 1 aliphatic heterocycles. The molecule has 0 amide bonds. The van der Waals surface area contributed by atoms with E-state index in [1.807, 2.05) is 30.3 Å². The predicted molar refractivity (Wildman–Crippen MR) is 119 cm³/mol. The molecule has 2 aromatic rings. The van der Waals surface area contributed by atoms with E-state index in [2.05, 4.69) is 13.8 Å². The zero-order valence-electron chi connectivity index (χ0n) is 18.7. The number of hydrogen-bond donors (Lipinski definition) is 2. The Labute approximate surface area is 184 Å². The topological polar surface area (TPSA) is 76.0 Å². The molecule has 0 spiro atoms. The van der Waals surface area contributed by atoms with Gasteiger partial charge < -0.3 is 19.7 Å². The molecule has 0 aromatic heterocycles. The number of aliphatic hydroxyl groups is 1. The minimum atomic E-state index is -1.01. The molecule has 1 aliphatic carbocycles. The quantitative estimate of drug-likeness (QED) is 0.647. The van der Waals surface area contributed by atoms with Crippen molar-refractivity contribution in [3.8, 4) is 17.2 Å². The van der Waals surface area contributed by atoms with E-state index in [1.165, 1.54) is 6.07 Å². The van der Waals surface area contributed by atoms with Crippen molar-refractivity contribution in [3.05, 3.63) is 53.1 Å². The van der Waals surface area contributed by atoms with Gasteiger partial charge in [-0.15, -0.1) is 0 Å². The Bertz CT molecular complexity index is 964. The molecule has 2 aliphatic rings. The average Bonchev–Trinajstić information content (AvgIpc) is 3.13. The maximum absolute atomic E-state index is 13.2. The molecular weight excluding hydrogens is 392 g/mol. The number of methoxy groups -OCH3 is 1. The molecule has 5 heteroatoms. The molecule has 2 aromatic carbocycles. The highest BCUT2D eigenvalue weighted by Gasteiger charge is 2.55. The molecule has 0 saturated heterocycles. The largest absolute Gasteiger partial charge is 0.507 e. The van der Waals surface area contributed by atoms with Gasteiger partial charge >= 0.3 is 0 Å². The first-order chi connectivity index (χ1) is 14.7. The molecular formula is C26H32O5. The van der Waals surface area contributed by atoms with Gasteiger partial charge in [-0.2, -0.15) is 0 Å². The van der Waals surface area contributed by atoms with Crippen LogP contribution in [0.25, 0.3) is 0 Å². The van der Waals surface area contributed by atoms with E-state index < -0.39 is 11.7 Å². The van der Waals surface area contributed by atoms with Crippen molar-refractivity contribution < 1.29 is 24.5 Å². The lowest BCUT2D eigenvalue weighted by Crippen LogP contribution is -2.51. The maximum atomic E-state index is 13.2. The molecule has 1 heterocycles. The third kappa shape index (κ3) is 3.80. The van der Waals surface area contributed by atoms with Crippen LogP contribution in [0.4, 0.5) is 0 Å². The van der Waals surface area contributed by atoms with Gasteiger partial charge in [0.2, 0.25) is 0 Å². The van der Waals surface area contributed by atoms with Crippen LogP contribution in [-0.4, -0.2) is 34.8 Å². The van der Waals surface area contributed by atoms with Crippen molar-refractivity contribution in [2.45, 2.75) is 64.1 Å². The van der Waals surface area contributed by atoms with Crippen LogP contribution >= 0.6 is 0 Å². The summed E-state index contributed by atoms with van der Waals surface area (Å²) in [7, 11) is 1.56. The Balaban J connectivity index is 1.76. The summed E-state index contributed by atoms with van der Waals surface area (Å²) in [6.45, 7) is 6.16. The van der Waals surface area contributed by atoms with E-state index in [0.717, 1.165) is 17.5 Å². The maximum Gasteiger partial charge on any atom is 0.170 e. The summed E-state index contributed by atoms with van der Waals surface area (Å²) in [5, 5.41) is 21.9. The van der Waals surface area contributed by atoms with E-state index >= 15 is 0 Å². The molecule has 31 heavy (non-hydrogen) atoms. The van der Waals surface area contributed by atoms with Gasteiger partial charge in [-0.1, -0.05) is 44.2 Å². The summed E-state index contributed by atoms with van der Waals surface area (Å²) < 4.78 is 11.9. The molecule has 2 N–H and O–H groups in total. The van der Waals surface area contributed by atoms with Crippen LogP contribution < -0.4 is 9.47 Å². The molecule has 4 atom stereocenters. The highest BCUT2D eigenvalue weighted by Crippen LogP contribution is 2.58. The number of rotatable bonds is 6. The minimum absolute atomic E-state index is 0.0880. The third-order valence-corrected chi connectivity index (χ3v) is 7.06. The predicted octanol–water partition coefficient (Wildman–Crippen LogP) is 4.88. The molecule has 1 fully saturated rings. The van der Waals surface area contributed by atoms with Gasteiger partial charge in [0.25, 0.3) is 0 Å². The Morgan fingerprint density at radius 3 is 2.65 bits per heavy atom. The van der Waals surface area contributed by atoms with Crippen molar-refractivity contribution in [1.29, 1.82) is 0 Å². The van der Waals surface area contributed by atoms with Crippen molar-refractivity contribution >= 4 is 5.78 Å². The van der Waals surface area contributed by atoms with Gasteiger partial charge in [-0.25, -0.2) is 0 Å². The van der Waals surface area contributed by atoms with Crippen molar-refractivity contribution in [1.82, 2.24) is 0 Å². The van der Waals surface area contributed by atoms with Gasteiger partial charge in [0.05, 0.1) is 12.7 Å². The number of aromatic hydroxyl groups is 1. The zero-order valence-corrected chi connectivity index (χ0v) is 18.7. The first-order valence-corrected chi connectivity index (χ1v) is 11.1. The molecule has 0 bridgehead atoms. The number of carbonyl (C=O) groups excluding carboxylic acids is 1. The summed E-state index contributed by atoms with van der Waals surface area (Å²) in [6.07, 6.45) is 1.88. The van der Waals surface area contributed by atoms with Gasteiger partial charge in [0.1, 0.15) is 28.9 Å². The number of fused-ring (bicyclic) bond motifs is 3. The fourth-order valence-corrected chi connectivity index (χ4v) is 5.37. The Hall–Kier alpha value is -2.53. The SMILES string of the molecule is COc1cc(O)c(C(=O)CCc2ccccc2)c2c1[C@H]1[C@@H](O2)[C@@](C)(O)CC[C@H]1C(C)C. The van der Waals surface area contributed by atoms with Crippen molar-refractivity contribution in [2.24, 2.45) is 11.8 Å². The van der Waals surface area contributed by atoms with Gasteiger partial charge in [-0.05, 0) is 43.6 Å². The van der Waals surface area contributed by atoms with Crippen LogP contribution in [0.5, 0.6) is 17.2 Å². The summed E-state index contributed by atoms with van der Waals surface area (Å²) >= 11 is 0. The van der Waals surface area contributed by atoms with Crippen LogP contribution in [0.2, 0.25) is 0 Å². The third-order valence-electron chi connectivity index (χ3n) is 7.06. The van der Waals surface area contributed by atoms with E-state index in [-0.39, 0.29) is 35.4 Å². The number of phenols is 1. The van der Waals surface area contributed by atoms with E-state index in [0.29, 0.717) is 30.3 Å². The highest BCUT2D eigenvalue weighted by molar-refractivity contribution is 6.02. The molecule has 4 rings (SSSR count). The second kappa shape index (κ2) is 8.19. The van der Waals surface area contributed by atoms with Crippen LogP contribution in [0, 0.1) is 11.8 Å². The minimum Gasteiger partial charge on any atom is -0.507 e. The van der Waals surface area contributed by atoms with Crippen LogP contribution in [-0.2, 0) is 6.42 Å². The first-order valence-electron chi connectivity index (χ1n) is 11.1. The Morgan fingerprint density at radius 1 is 1.29 bits per heavy atom. The lowest BCUT2D eigenvalue weighted by Gasteiger charge is -2.44. The van der Waals surface area contributed by atoms with Crippen LogP contribution in [0.1, 0.15) is 67.4 Å². The smallest absolute Gasteiger partial charge is 0.170 e. The molecule has 5 nitrogen and oxygen atoms in total. The standard InChI is InChI=1S/C26H32O5/c1-15(2)17-12-13-26(3,29)25-21(17)23-20(30-4)14-19(28)22(24(23)31-25)18(27)11-10-16-8-6-5-7-9-16/h5-9,14-15,17,21,25,28-29H,10-13H2,1-4H3/t17-,21-,25+,26-/m0/s1. The first kappa shape index (κ1) is 21.7. The van der Waals surface area contributed by atoms with Crippen LogP contribution in [0.3, 0.4) is 0 Å². The number of phenolic OH excluding ortho intramolecular Hbond substituents is 1. The monoisotopic (exact) mass is 424 g/mol. The number of hydrogen-bond acceptors (Lipinski definition) is 5. The second-order valence-corrected chi connectivity index (χ2v) is 9.49. The molecule has 0 radical (unpaired) electrons. The normalized spacial score (nSPS) is 26.8. The number of Topliss-reactive ketones (excluding diaryl/α,β-unsaturated/α-hetero) is 1. The number of carbonyl (C=O) groups is 1. The fraction of sp³-hybridized carbons (Fsp3) is 0.500. The highest BCUT2D eigenvalue weighted by atomic mass is 16.5. The summed E-state index contributed by atoms with van der Waals surface area (Å²) in [6, 6.07) is 11.3. The van der Waals surface area contributed by atoms with E-state index in [4.69, 9.17) is 9.47 Å². The van der Waals surface area contributed by atoms with Crippen molar-refractivity contribution in [3.63, 3.8) is 0 Å². The Kier molecular flexibility index (Phi) is 5.73. The zero-order chi connectivity index (χ0) is 22.3. The average molecular weight is 425 g/mol. The summed E-state index contributed by atoms with van der Waals surface area (Å²) in [4.78, 5) is 13.2. The van der Waals surface area contributed by atoms with Crippen molar-refractivity contribution in [2.75, 3.05) is 7.11 Å². The van der Waals surface area contributed by atoms with E-state index in [1.54, 1.807) is 14.0 Å². The Morgan fingerprint density at radius 2 is 2.00 bits per heavy atom. The molecule has 166 valence electrons. The molecule has 1 saturated carbocycles. The summed E-state index contributed by atoms with van der Waals surface area (Å²) in [5.41, 5.74) is 1.07. The van der Waals surface area contributed by atoms with Gasteiger partial charge in [0, 0.05) is 24.0 Å². The lowest BCUT2D eigenvalue weighted by molar-refractivity contribution is -0.0919. The second-order valence-electron chi connectivity index (χ2n) is 9.49. The lowest BCUT2D eigenvalue weighted by atomic mass is 9.65. The molecule has 0 unspecified atom stereocenters. The van der Waals surface area contributed by atoms with Crippen LogP contribution in [0.15, 0.2) is 36.4 Å². The number of ether oxygens (including phenoxy) is 2. The summed E-state index contributed by atoms with van der Waals surface area (Å²) in [5.74, 6) is 1.19.